The van der Waals surface area contributed by atoms with Gasteiger partial charge in [0, 0.05) is 28.9 Å². The molecule has 0 nitrogen and oxygen atoms in total. The maximum absolute atomic E-state index is 2.62. The highest BCUT2D eigenvalue weighted by atomic mass is 32.1. The average Bonchev–Trinajstić information content (AvgIpc) is 3.60. The minimum absolute atomic E-state index is 0.864. The minimum atomic E-state index is -1.98. The summed E-state index contributed by atoms with van der Waals surface area (Å²) < 4.78 is 1.76. The van der Waals surface area contributed by atoms with Crippen LogP contribution in [0.3, 0.4) is 0 Å². The van der Waals surface area contributed by atoms with Gasteiger partial charge in [0.1, 0.15) is 0 Å². The Hall–Kier alpha value is -0.683. The molecule has 4 rings (SSSR count). The molecule has 1 aliphatic rings. The van der Waals surface area contributed by atoms with Gasteiger partial charge in [-0.05, 0) is 67.2 Å². The van der Waals surface area contributed by atoms with Crippen LogP contribution in [-0.2, 0) is 6.42 Å². The zero-order valence-corrected chi connectivity index (χ0v) is 26.3. The lowest BCUT2D eigenvalue weighted by atomic mass is 9.97. The average molecular weight is 543 g/mol. The predicted molar refractivity (Wildman–Crippen MR) is 166 cm³/mol. The van der Waals surface area contributed by atoms with Crippen molar-refractivity contribution in [3.8, 4) is 9.75 Å². The highest BCUT2D eigenvalue weighted by Gasteiger charge is 2.51. The normalized spacial score (nSPS) is 14.9. The van der Waals surface area contributed by atoms with E-state index in [1.165, 1.54) is 92.8 Å². The zero-order chi connectivity index (χ0) is 24.8. The number of aryl methyl sites for hydroxylation is 3. The van der Waals surface area contributed by atoms with E-state index in [4.69, 9.17) is 0 Å². The summed E-state index contributed by atoms with van der Waals surface area (Å²) in [6.07, 6.45) is 16.4. The molecule has 0 amide bonds. The van der Waals surface area contributed by atoms with E-state index in [0.717, 1.165) is 5.92 Å². The molecule has 35 heavy (non-hydrogen) atoms. The smallest absolute Gasteiger partial charge is 0.149 e. The zero-order valence-electron chi connectivity index (χ0n) is 22.8. The summed E-state index contributed by atoms with van der Waals surface area (Å²) in [7, 11) is -1.98. The number of thiophene rings is 3. The van der Waals surface area contributed by atoms with Crippen LogP contribution in [0.1, 0.15) is 106 Å². The first-order valence-corrected chi connectivity index (χ1v) is 19.0. The van der Waals surface area contributed by atoms with Crippen LogP contribution < -0.4 is 14.9 Å². The Morgan fingerprint density at radius 3 is 1.91 bits per heavy atom. The highest BCUT2D eigenvalue weighted by molar-refractivity contribution is 7.38. The van der Waals surface area contributed by atoms with Crippen molar-refractivity contribution in [3.05, 3.63) is 38.9 Å². The van der Waals surface area contributed by atoms with Gasteiger partial charge in [0.15, 0.2) is 8.07 Å². The van der Waals surface area contributed by atoms with Crippen molar-refractivity contribution in [1.29, 1.82) is 0 Å². The van der Waals surface area contributed by atoms with Gasteiger partial charge < -0.3 is 0 Å². The Labute approximate surface area is 228 Å². The molecule has 4 heterocycles. The number of hydrogen-bond acceptors (Lipinski definition) is 3. The fraction of sp³-hybridized carbons (Fsp3) is 0.613. The molecule has 0 N–H and O–H groups in total. The molecule has 0 spiro atoms. The van der Waals surface area contributed by atoms with Gasteiger partial charge in [-0.1, -0.05) is 91.0 Å². The van der Waals surface area contributed by atoms with Crippen LogP contribution in [0.2, 0.25) is 6.04 Å². The molecule has 0 aromatic carbocycles. The Kier molecular flexibility index (Phi) is 9.94. The van der Waals surface area contributed by atoms with Crippen molar-refractivity contribution in [2.24, 2.45) is 5.92 Å². The minimum Gasteiger partial charge on any atom is -0.149 e. The van der Waals surface area contributed by atoms with Crippen molar-refractivity contribution in [2.75, 3.05) is 0 Å². The third-order valence-electron chi connectivity index (χ3n) is 7.97. The van der Waals surface area contributed by atoms with Crippen molar-refractivity contribution >= 4 is 57.0 Å². The third kappa shape index (κ3) is 5.92. The molecule has 4 heteroatoms. The highest BCUT2D eigenvalue weighted by Crippen LogP contribution is 2.42. The number of rotatable bonds is 15. The van der Waals surface area contributed by atoms with Gasteiger partial charge in [0.05, 0.1) is 0 Å². The summed E-state index contributed by atoms with van der Waals surface area (Å²) >= 11 is 6.34. The van der Waals surface area contributed by atoms with E-state index in [0.29, 0.717) is 0 Å². The molecule has 3 aromatic rings. The largest absolute Gasteiger partial charge is 0.164 e. The first-order chi connectivity index (χ1) is 17.0. The van der Waals surface area contributed by atoms with E-state index >= 15 is 0 Å². The van der Waals surface area contributed by atoms with Crippen LogP contribution >= 0.6 is 34.0 Å². The number of hydrogen-bond donors (Lipinski definition) is 0. The molecule has 3 aromatic heterocycles. The number of unbranched alkanes of at least 4 members (excludes halogenated alkanes) is 6. The second kappa shape index (κ2) is 12.7. The second-order valence-electron chi connectivity index (χ2n) is 10.9. The molecule has 0 saturated carbocycles. The summed E-state index contributed by atoms with van der Waals surface area (Å²) in [4.78, 5) is 7.93. The lowest BCUT2D eigenvalue weighted by Crippen LogP contribution is -2.64. The van der Waals surface area contributed by atoms with E-state index in [1.54, 1.807) is 29.5 Å². The molecule has 0 saturated heterocycles. The molecular formula is C31H46S3Si. The summed E-state index contributed by atoms with van der Waals surface area (Å²) in [6.45, 7) is 11.7. The Balaban J connectivity index is 1.76. The topological polar surface area (TPSA) is 0 Å². The van der Waals surface area contributed by atoms with Gasteiger partial charge in [-0.3, -0.25) is 0 Å². The summed E-state index contributed by atoms with van der Waals surface area (Å²) in [5, 5.41) is 3.55. The standard InChI is InChI=1S/C31H46S3Si/c1-6-9-12-14-16-25(15-11-8-3)22-35(29-19-18-26(34-29)17-13-10-7-2)27-20-23(4)32-30(27)31-28(35)21-24(5)33-31/h18-21,25H,6-17,22H2,1-5H3. The Morgan fingerprint density at radius 2 is 1.29 bits per heavy atom. The molecule has 192 valence electrons. The molecular weight excluding hydrogens is 497 g/mol. The molecule has 0 fully saturated rings. The molecule has 0 bridgehead atoms. The van der Waals surface area contributed by atoms with E-state index in [-0.39, 0.29) is 0 Å². The van der Waals surface area contributed by atoms with Crippen LogP contribution in [0.25, 0.3) is 9.75 Å². The van der Waals surface area contributed by atoms with Crippen LogP contribution in [0.4, 0.5) is 0 Å². The Morgan fingerprint density at radius 1 is 0.686 bits per heavy atom. The SMILES string of the molecule is CCCCCCC(CCCC)C[Si]1(c2ccc(CCCCC)s2)c2cc(C)sc2-c2sc(C)cc21. The van der Waals surface area contributed by atoms with Crippen LogP contribution in [0, 0.1) is 19.8 Å². The predicted octanol–water partition coefficient (Wildman–Crippen LogP) is 9.45. The van der Waals surface area contributed by atoms with Gasteiger partial charge in [-0.15, -0.1) is 34.0 Å². The van der Waals surface area contributed by atoms with Crippen molar-refractivity contribution in [3.63, 3.8) is 0 Å². The van der Waals surface area contributed by atoms with Gasteiger partial charge in [0.2, 0.25) is 0 Å². The Bertz CT molecular complexity index is 1020. The fourth-order valence-electron chi connectivity index (χ4n) is 6.16. The van der Waals surface area contributed by atoms with Crippen LogP contribution in [-0.4, -0.2) is 8.07 Å². The van der Waals surface area contributed by atoms with Crippen LogP contribution in [0.15, 0.2) is 24.3 Å². The summed E-state index contributed by atoms with van der Waals surface area (Å²) in [5.41, 5.74) is 0. The quantitative estimate of drug-likeness (QED) is 0.132. The number of fused-ring (bicyclic) bond motifs is 3. The maximum Gasteiger partial charge on any atom is 0.164 e. The fourth-order valence-corrected chi connectivity index (χ4v) is 17.7. The summed E-state index contributed by atoms with van der Waals surface area (Å²) in [6, 6.07) is 11.8. The van der Waals surface area contributed by atoms with Crippen molar-refractivity contribution in [1.82, 2.24) is 0 Å². The lowest BCUT2D eigenvalue weighted by Gasteiger charge is -2.32. The first-order valence-electron chi connectivity index (χ1n) is 14.3. The van der Waals surface area contributed by atoms with Gasteiger partial charge in [-0.2, -0.15) is 0 Å². The molecule has 1 unspecified atom stereocenters. The molecule has 1 aliphatic heterocycles. The van der Waals surface area contributed by atoms with Gasteiger partial charge in [0.25, 0.3) is 0 Å². The van der Waals surface area contributed by atoms with Crippen molar-refractivity contribution < 1.29 is 0 Å². The second-order valence-corrected chi connectivity index (χ2v) is 18.8. The van der Waals surface area contributed by atoms with E-state index in [9.17, 15) is 0 Å². The maximum atomic E-state index is 2.62. The summed E-state index contributed by atoms with van der Waals surface area (Å²) in [5.74, 6) is 0.864. The van der Waals surface area contributed by atoms with Crippen LogP contribution in [0.5, 0.6) is 0 Å². The monoisotopic (exact) mass is 542 g/mol. The lowest BCUT2D eigenvalue weighted by molar-refractivity contribution is 0.442. The van der Waals surface area contributed by atoms with Gasteiger partial charge in [-0.25, -0.2) is 0 Å². The van der Waals surface area contributed by atoms with E-state index in [2.05, 4.69) is 92.9 Å². The van der Waals surface area contributed by atoms with Gasteiger partial charge >= 0.3 is 0 Å². The molecule has 0 aliphatic carbocycles. The first kappa shape index (κ1) is 27.4. The van der Waals surface area contributed by atoms with Crippen molar-refractivity contribution in [2.45, 2.75) is 118 Å². The molecule has 0 radical (unpaired) electrons. The third-order valence-corrected chi connectivity index (χ3v) is 17.7. The molecule has 1 atom stereocenters. The van der Waals surface area contributed by atoms with E-state index in [1.807, 2.05) is 0 Å². The van der Waals surface area contributed by atoms with E-state index < -0.39 is 8.07 Å².